The molecule has 1 heterocycles. The van der Waals surface area contributed by atoms with Crippen molar-refractivity contribution in [3.8, 4) is 0 Å². The van der Waals surface area contributed by atoms with Gasteiger partial charge in [0.2, 0.25) is 0 Å². The fourth-order valence-electron chi connectivity index (χ4n) is 1.83. The van der Waals surface area contributed by atoms with E-state index in [-0.39, 0.29) is 16.4 Å². The van der Waals surface area contributed by atoms with Gasteiger partial charge < -0.3 is 5.32 Å². The summed E-state index contributed by atoms with van der Waals surface area (Å²) in [4.78, 5) is 12.3. The first-order valence-corrected chi connectivity index (χ1v) is 8.54. The Hall–Kier alpha value is -2.41. The molecule has 0 aliphatic rings. The maximum atomic E-state index is 12.1. The topological polar surface area (TPSA) is 81.1 Å². The van der Waals surface area contributed by atoms with E-state index in [1.165, 1.54) is 12.1 Å². The lowest BCUT2D eigenvalue weighted by atomic mass is 10.1. The molecule has 1 aromatic heterocycles. The molecule has 0 aliphatic heterocycles. The standard InChI is InChI=1S/C15H17N3O3S/c1-4-18-10-9-14(17-18)16-15(19)11(2)12-5-7-13(8-6-12)22(3,20)21/h5-10H,2,4H2,1,3H3,(H,16,17,19). The van der Waals surface area contributed by atoms with E-state index in [9.17, 15) is 13.2 Å². The Bertz CT molecular complexity index is 805. The van der Waals surface area contributed by atoms with Crippen molar-refractivity contribution in [2.75, 3.05) is 11.6 Å². The molecule has 2 aromatic rings. The monoisotopic (exact) mass is 319 g/mol. The summed E-state index contributed by atoms with van der Waals surface area (Å²) in [6.45, 7) is 6.40. The van der Waals surface area contributed by atoms with Crippen LogP contribution >= 0.6 is 0 Å². The van der Waals surface area contributed by atoms with E-state index < -0.39 is 9.84 Å². The van der Waals surface area contributed by atoms with Crippen LogP contribution in [-0.2, 0) is 21.2 Å². The summed E-state index contributed by atoms with van der Waals surface area (Å²) in [5.41, 5.74) is 0.797. The highest BCUT2D eigenvalue weighted by Gasteiger charge is 2.13. The summed E-state index contributed by atoms with van der Waals surface area (Å²) in [6, 6.07) is 7.72. The van der Waals surface area contributed by atoms with Crippen LogP contribution in [0.3, 0.4) is 0 Å². The molecule has 0 bridgehead atoms. The minimum Gasteiger partial charge on any atom is -0.305 e. The average molecular weight is 319 g/mol. The van der Waals surface area contributed by atoms with Crippen molar-refractivity contribution < 1.29 is 13.2 Å². The van der Waals surface area contributed by atoms with Crippen LogP contribution in [0.5, 0.6) is 0 Å². The van der Waals surface area contributed by atoms with Gasteiger partial charge in [-0.3, -0.25) is 9.48 Å². The Morgan fingerprint density at radius 1 is 1.27 bits per heavy atom. The van der Waals surface area contributed by atoms with Crippen molar-refractivity contribution in [1.82, 2.24) is 9.78 Å². The van der Waals surface area contributed by atoms with Gasteiger partial charge in [0.15, 0.2) is 15.7 Å². The molecule has 0 saturated heterocycles. The third kappa shape index (κ3) is 3.62. The van der Waals surface area contributed by atoms with Crippen LogP contribution in [0.4, 0.5) is 5.82 Å². The van der Waals surface area contributed by atoms with Crippen LogP contribution in [0.1, 0.15) is 12.5 Å². The van der Waals surface area contributed by atoms with Gasteiger partial charge in [0.1, 0.15) is 0 Å². The number of aryl methyl sites for hydroxylation is 1. The van der Waals surface area contributed by atoms with Crippen LogP contribution in [0.15, 0.2) is 48.0 Å². The van der Waals surface area contributed by atoms with Crippen molar-refractivity contribution in [2.45, 2.75) is 18.4 Å². The van der Waals surface area contributed by atoms with E-state index in [1.54, 1.807) is 29.1 Å². The fraction of sp³-hybridized carbons (Fsp3) is 0.200. The smallest absolute Gasteiger partial charge is 0.256 e. The van der Waals surface area contributed by atoms with E-state index >= 15 is 0 Å². The zero-order chi connectivity index (χ0) is 16.3. The Morgan fingerprint density at radius 3 is 2.41 bits per heavy atom. The van der Waals surface area contributed by atoms with Gasteiger partial charge in [-0.1, -0.05) is 18.7 Å². The molecule has 1 aromatic carbocycles. The third-order valence-corrected chi connectivity index (χ3v) is 4.24. The number of nitrogens with zero attached hydrogens (tertiary/aromatic N) is 2. The van der Waals surface area contributed by atoms with Crippen molar-refractivity contribution in [1.29, 1.82) is 0 Å². The zero-order valence-electron chi connectivity index (χ0n) is 12.4. The number of amides is 1. The molecule has 0 fully saturated rings. The molecular formula is C15H17N3O3S. The maximum absolute atomic E-state index is 12.1. The Kier molecular flexibility index (Phi) is 4.46. The van der Waals surface area contributed by atoms with Gasteiger partial charge in [0.25, 0.3) is 5.91 Å². The first-order chi connectivity index (χ1) is 10.3. The van der Waals surface area contributed by atoms with Gasteiger partial charge in [-0.05, 0) is 24.6 Å². The molecule has 0 atom stereocenters. The molecule has 0 aliphatic carbocycles. The number of hydrogen-bond acceptors (Lipinski definition) is 4. The summed E-state index contributed by atoms with van der Waals surface area (Å²) in [5, 5.41) is 6.81. The van der Waals surface area contributed by atoms with Gasteiger partial charge in [0, 0.05) is 30.6 Å². The second-order valence-corrected chi connectivity index (χ2v) is 6.80. The second-order valence-electron chi connectivity index (χ2n) is 4.79. The molecule has 0 unspecified atom stereocenters. The molecule has 116 valence electrons. The highest BCUT2D eigenvalue weighted by Crippen LogP contribution is 2.17. The van der Waals surface area contributed by atoms with Crippen LogP contribution in [0.2, 0.25) is 0 Å². The molecule has 6 nitrogen and oxygen atoms in total. The predicted octanol–water partition coefficient (Wildman–Crippen LogP) is 1.96. The number of nitrogens with one attached hydrogen (secondary N) is 1. The quantitative estimate of drug-likeness (QED) is 0.854. The van der Waals surface area contributed by atoms with Crippen molar-refractivity contribution >= 4 is 27.1 Å². The number of sulfone groups is 1. The summed E-state index contributed by atoms with van der Waals surface area (Å²) in [6.07, 6.45) is 2.90. The number of carbonyl (C=O) groups is 1. The van der Waals surface area contributed by atoms with Crippen LogP contribution in [0, 0.1) is 0 Å². The number of aromatic nitrogens is 2. The van der Waals surface area contributed by atoms with Crippen LogP contribution in [0.25, 0.3) is 5.57 Å². The average Bonchev–Trinajstić information content (AvgIpc) is 2.93. The van der Waals surface area contributed by atoms with Gasteiger partial charge in [-0.15, -0.1) is 0 Å². The first-order valence-electron chi connectivity index (χ1n) is 6.65. The lowest BCUT2D eigenvalue weighted by Crippen LogP contribution is -2.13. The number of benzene rings is 1. The van der Waals surface area contributed by atoms with E-state index in [4.69, 9.17) is 0 Å². The van der Waals surface area contributed by atoms with E-state index in [2.05, 4.69) is 17.0 Å². The molecule has 2 rings (SSSR count). The third-order valence-electron chi connectivity index (χ3n) is 3.11. The number of carbonyl (C=O) groups excluding carboxylic acids is 1. The lowest BCUT2D eigenvalue weighted by molar-refractivity contribution is -0.111. The van der Waals surface area contributed by atoms with Gasteiger partial charge >= 0.3 is 0 Å². The predicted molar refractivity (Wildman–Crippen MR) is 85.1 cm³/mol. The molecule has 22 heavy (non-hydrogen) atoms. The molecule has 0 spiro atoms. The second kappa shape index (κ2) is 6.15. The zero-order valence-corrected chi connectivity index (χ0v) is 13.2. The van der Waals surface area contributed by atoms with E-state index in [0.29, 0.717) is 17.9 Å². The van der Waals surface area contributed by atoms with Crippen LogP contribution in [-0.4, -0.2) is 30.4 Å². The molecular weight excluding hydrogens is 302 g/mol. The summed E-state index contributed by atoms with van der Waals surface area (Å²) >= 11 is 0. The largest absolute Gasteiger partial charge is 0.305 e. The number of anilines is 1. The van der Waals surface area contributed by atoms with Crippen LogP contribution < -0.4 is 5.32 Å². The summed E-state index contributed by atoms with van der Waals surface area (Å²) in [7, 11) is -3.26. The highest BCUT2D eigenvalue weighted by molar-refractivity contribution is 7.90. The summed E-state index contributed by atoms with van der Waals surface area (Å²) < 4.78 is 24.5. The lowest BCUT2D eigenvalue weighted by Gasteiger charge is -2.06. The fourth-order valence-corrected chi connectivity index (χ4v) is 2.46. The van der Waals surface area contributed by atoms with Crippen molar-refractivity contribution in [2.24, 2.45) is 0 Å². The Balaban J connectivity index is 2.12. The maximum Gasteiger partial charge on any atom is 0.256 e. The first kappa shape index (κ1) is 16.0. The highest BCUT2D eigenvalue weighted by atomic mass is 32.2. The normalized spacial score (nSPS) is 11.2. The number of rotatable bonds is 5. The Morgan fingerprint density at radius 2 is 1.91 bits per heavy atom. The molecule has 0 radical (unpaired) electrons. The van der Waals surface area contributed by atoms with Gasteiger partial charge in [0.05, 0.1) is 4.90 Å². The van der Waals surface area contributed by atoms with Gasteiger partial charge in [-0.25, -0.2) is 8.42 Å². The minimum atomic E-state index is -3.26. The Labute approximate surface area is 129 Å². The summed E-state index contributed by atoms with van der Waals surface area (Å²) in [5.74, 6) is 0.0641. The SMILES string of the molecule is C=C(C(=O)Nc1ccn(CC)n1)c1ccc(S(C)(=O)=O)cc1. The molecule has 1 amide bonds. The molecule has 1 N–H and O–H groups in total. The van der Waals surface area contributed by atoms with E-state index in [0.717, 1.165) is 6.26 Å². The minimum absolute atomic E-state index is 0.200. The van der Waals surface area contributed by atoms with Crippen molar-refractivity contribution in [3.05, 3.63) is 48.7 Å². The number of hydrogen-bond donors (Lipinski definition) is 1. The van der Waals surface area contributed by atoms with Crippen molar-refractivity contribution in [3.63, 3.8) is 0 Å². The molecule has 7 heteroatoms. The van der Waals surface area contributed by atoms with E-state index in [1.807, 2.05) is 6.92 Å². The molecule has 0 saturated carbocycles. The van der Waals surface area contributed by atoms with Gasteiger partial charge in [-0.2, -0.15) is 5.10 Å².